The quantitative estimate of drug-likeness (QED) is 0.729. The normalized spacial score (nSPS) is 11.0. The molecule has 0 unspecified atom stereocenters. The Kier molecular flexibility index (Phi) is 6.89. The van der Waals surface area contributed by atoms with Gasteiger partial charge in [0, 0.05) is 18.5 Å². The molecular weight excluding hydrogens is 334 g/mol. The van der Waals surface area contributed by atoms with E-state index in [4.69, 9.17) is 4.74 Å². The number of Topliss-reactive ketones (excluding diaryl/α,β-unsaturated/α-hetero) is 1. The third-order valence-electron chi connectivity index (χ3n) is 3.00. The van der Waals surface area contributed by atoms with Crippen molar-refractivity contribution < 1.29 is 14.3 Å². The molecule has 0 aliphatic heterocycles. The first-order valence-electron chi connectivity index (χ1n) is 6.90. The Morgan fingerprint density at radius 3 is 2.33 bits per heavy atom. The zero-order chi connectivity index (χ0) is 15.9. The van der Waals surface area contributed by atoms with Gasteiger partial charge in [-0.1, -0.05) is 46.3 Å². The molecule has 1 amide bonds. The Hall–Kier alpha value is -1.36. The first-order valence-corrected chi connectivity index (χ1v) is 8.02. The summed E-state index contributed by atoms with van der Waals surface area (Å²) in [7, 11) is 0. The van der Waals surface area contributed by atoms with Gasteiger partial charge in [0.2, 0.25) is 0 Å². The summed E-state index contributed by atoms with van der Waals surface area (Å²) in [6, 6.07) is 9.53. The summed E-state index contributed by atoms with van der Waals surface area (Å²) in [5.41, 5.74) is 0.552. The summed E-state index contributed by atoms with van der Waals surface area (Å²) in [6.07, 6.45) is -0.0723. The van der Waals surface area contributed by atoms with Gasteiger partial charge in [0.15, 0.2) is 0 Å². The number of carbonyl (C=O) groups is 2. The highest BCUT2D eigenvalue weighted by Gasteiger charge is 2.27. The van der Waals surface area contributed by atoms with Crippen molar-refractivity contribution in [3.05, 3.63) is 35.9 Å². The van der Waals surface area contributed by atoms with Gasteiger partial charge in [-0.15, -0.1) is 0 Å². The predicted molar refractivity (Wildman–Crippen MR) is 86.5 cm³/mol. The molecule has 0 radical (unpaired) electrons. The highest BCUT2D eigenvalue weighted by atomic mass is 79.9. The van der Waals surface area contributed by atoms with Gasteiger partial charge < -0.3 is 9.64 Å². The molecule has 0 saturated carbocycles. The van der Waals surface area contributed by atoms with Crippen molar-refractivity contribution in [1.82, 2.24) is 4.90 Å². The number of benzene rings is 1. The van der Waals surface area contributed by atoms with Gasteiger partial charge >= 0.3 is 6.09 Å². The fourth-order valence-corrected chi connectivity index (χ4v) is 2.08. The van der Waals surface area contributed by atoms with Crippen LogP contribution in [0.4, 0.5) is 4.79 Å². The lowest BCUT2D eigenvalue weighted by atomic mass is 10.1. The smallest absolute Gasteiger partial charge is 0.410 e. The Balaban J connectivity index is 2.61. The lowest BCUT2D eigenvalue weighted by Crippen LogP contribution is -2.46. The molecule has 0 aliphatic carbocycles. The summed E-state index contributed by atoms with van der Waals surface area (Å²) in [5, 5.41) is 0.310. The van der Waals surface area contributed by atoms with Crippen molar-refractivity contribution in [2.75, 3.05) is 11.9 Å². The second-order valence-corrected chi connectivity index (χ2v) is 6.35. The van der Waals surface area contributed by atoms with Crippen molar-refractivity contribution in [3.8, 4) is 0 Å². The molecule has 5 heteroatoms. The van der Waals surface area contributed by atoms with E-state index in [0.29, 0.717) is 18.3 Å². The zero-order valence-corrected chi connectivity index (χ0v) is 14.4. The number of amides is 1. The minimum atomic E-state index is -0.395. The van der Waals surface area contributed by atoms with Crippen molar-refractivity contribution in [1.29, 1.82) is 0 Å². The molecule has 1 rings (SSSR count). The number of hydrogen-bond acceptors (Lipinski definition) is 3. The van der Waals surface area contributed by atoms with Crippen LogP contribution in [0.15, 0.2) is 30.3 Å². The maximum absolute atomic E-state index is 12.2. The fourth-order valence-electron chi connectivity index (χ4n) is 1.80. The van der Waals surface area contributed by atoms with E-state index in [9.17, 15) is 9.59 Å². The Morgan fingerprint density at radius 1 is 1.19 bits per heavy atom. The Morgan fingerprint density at radius 2 is 1.81 bits per heavy atom. The first-order chi connectivity index (χ1) is 9.84. The van der Waals surface area contributed by atoms with E-state index in [1.165, 1.54) is 0 Å². The zero-order valence-electron chi connectivity index (χ0n) is 12.8. The molecule has 0 atom stereocenters. The van der Waals surface area contributed by atoms with E-state index in [2.05, 4.69) is 15.9 Å². The van der Waals surface area contributed by atoms with Crippen LogP contribution < -0.4 is 0 Å². The van der Waals surface area contributed by atoms with Crippen LogP contribution in [0.3, 0.4) is 0 Å². The summed E-state index contributed by atoms with van der Waals surface area (Å²) in [4.78, 5) is 25.3. The third kappa shape index (κ3) is 6.29. The summed E-state index contributed by atoms with van der Waals surface area (Å²) in [5.74, 6) is 0.0695. The number of carbonyl (C=O) groups excluding carboxylic acids is 2. The minimum absolute atomic E-state index is 0.0695. The van der Waals surface area contributed by atoms with Crippen LogP contribution in [-0.4, -0.2) is 34.2 Å². The highest BCUT2D eigenvalue weighted by molar-refractivity contribution is 9.09. The maximum Gasteiger partial charge on any atom is 0.410 e. The van der Waals surface area contributed by atoms with Crippen LogP contribution in [0.2, 0.25) is 0 Å². The number of halogens is 1. The van der Waals surface area contributed by atoms with Gasteiger partial charge in [-0.2, -0.15) is 0 Å². The van der Waals surface area contributed by atoms with Crippen molar-refractivity contribution >= 4 is 27.8 Å². The van der Waals surface area contributed by atoms with E-state index in [1.54, 1.807) is 4.90 Å². The molecule has 0 aromatic heterocycles. The van der Waals surface area contributed by atoms with Gasteiger partial charge in [0.05, 0.1) is 5.33 Å². The molecule has 1 aromatic carbocycles. The third-order valence-corrected chi connectivity index (χ3v) is 3.62. The first kappa shape index (κ1) is 17.7. The topological polar surface area (TPSA) is 46.6 Å². The highest BCUT2D eigenvalue weighted by Crippen LogP contribution is 2.16. The number of ketones is 1. The van der Waals surface area contributed by atoms with Crippen molar-refractivity contribution in [2.24, 2.45) is 0 Å². The summed E-state index contributed by atoms with van der Waals surface area (Å²) < 4.78 is 5.35. The largest absolute Gasteiger partial charge is 0.445 e. The molecule has 0 aliphatic rings. The molecule has 1 aromatic rings. The molecule has 21 heavy (non-hydrogen) atoms. The van der Waals surface area contributed by atoms with Gasteiger partial charge in [-0.05, 0) is 26.3 Å². The minimum Gasteiger partial charge on any atom is -0.445 e. The van der Waals surface area contributed by atoms with E-state index < -0.39 is 6.09 Å². The van der Waals surface area contributed by atoms with E-state index >= 15 is 0 Å². The standard InChI is InChI=1S/C16H22BrNO3/c1-16(2,3)18(10-9-14(19)11-17)15(20)21-12-13-7-5-4-6-8-13/h4-8H,9-12H2,1-3H3. The lowest BCUT2D eigenvalue weighted by Gasteiger charge is -2.34. The number of hydrogen-bond donors (Lipinski definition) is 0. The van der Waals surface area contributed by atoms with E-state index in [0.717, 1.165) is 5.56 Å². The molecule has 0 spiro atoms. The lowest BCUT2D eigenvalue weighted by molar-refractivity contribution is -0.116. The molecule has 0 N–H and O–H groups in total. The Bertz CT molecular complexity index is 468. The van der Waals surface area contributed by atoms with Gasteiger partial charge in [-0.25, -0.2) is 4.79 Å². The monoisotopic (exact) mass is 355 g/mol. The average Bonchev–Trinajstić information content (AvgIpc) is 2.44. The Labute approximate surface area is 134 Å². The number of rotatable bonds is 6. The maximum atomic E-state index is 12.2. The summed E-state index contributed by atoms with van der Waals surface area (Å²) in [6.45, 7) is 6.38. The van der Waals surface area contributed by atoms with Crippen LogP contribution in [0.25, 0.3) is 0 Å². The molecule has 0 bridgehead atoms. The molecule has 0 fully saturated rings. The van der Waals surface area contributed by atoms with Gasteiger partial charge in [-0.3, -0.25) is 4.79 Å². The molecular formula is C16H22BrNO3. The predicted octanol–water partition coefficient (Wildman–Crippen LogP) is 3.78. The number of ether oxygens (including phenoxy) is 1. The van der Waals surface area contributed by atoms with E-state index in [-0.39, 0.29) is 17.9 Å². The van der Waals surface area contributed by atoms with Crippen LogP contribution in [0.1, 0.15) is 32.8 Å². The van der Waals surface area contributed by atoms with Gasteiger partial charge in [0.25, 0.3) is 0 Å². The van der Waals surface area contributed by atoms with Crippen molar-refractivity contribution in [3.63, 3.8) is 0 Å². The molecule has 0 saturated heterocycles. The average molecular weight is 356 g/mol. The molecule has 0 heterocycles. The fraction of sp³-hybridized carbons (Fsp3) is 0.500. The SMILES string of the molecule is CC(C)(C)N(CCC(=O)CBr)C(=O)OCc1ccccc1. The van der Waals surface area contributed by atoms with Crippen molar-refractivity contribution in [2.45, 2.75) is 39.3 Å². The van der Waals surface area contributed by atoms with E-state index in [1.807, 2.05) is 51.1 Å². The van der Waals surface area contributed by atoms with Crippen LogP contribution in [-0.2, 0) is 16.1 Å². The molecule has 4 nitrogen and oxygen atoms in total. The van der Waals surface area contributed by atoms with Crippen LogP contribution >= 0.6 is 15.9 Å². The van der Waals surface area contributed by atoms with Crippen LogP contribution in [0, 0.1) is 0 Å². The second-order valence-electron chi connectivity index (χ2n) is 5.78. The van der Waals surface area contributed by atoms with Crippen LogP contribution in [0.5, 0.6) is 0 Å². The second kappa shape index (κ2) is 8.17. The number of nitrogens with zero attached hydrogens (tertiary/aromatic N) is 1. The summed E-state index contributed by atoms with van der Waals surface area (Å²) >= 11 is 3.13. The number of alkyl halides is 1. The van der Waals surface area contributed by atoms with Gasteiger partial charge in [0.1, 0.15) is 12.4 Å². The molecule has 116 valence electrons.